The Morgan fingerprint density at radius 1 is 1.44 bits per heavy atom. The zero-order chi connectivity index (χ0) is 17.9. The topological polar surface area (TPSA) is 55.7 Å². The van der Waals surface area contributed by atoms with Crippen molar-refractivity contribution in [2.45, 2.75) is 51.4 Å². The number of hydrogen-bond donors (Lipinski definition) is 1. The third-order valence-corrected chi connectivity index (χ3v) is 5.57. The van der Waals surface area contributed by atoms with E-state index in [0.717, 1.165) is 32.2 Å². The second kappa shape index (κ2) is 7.79. The molecule has 6 nitrogen and oxygen atoms in total. The number of urea groups is 1. The van der Waals surface area contributed by atoms with Crippen LogP contribution in [0.4, 0.5) is 4.79 Å². The first-order chi connectivity index (χ1) is 12.0. The molecule has 2 saturated heterocycles. The summed E-state index contributed by atoms with van der Waals surface area (Å²) >= 11 is 0. The van der Waals surface area contributed by atoms with E-state index >= 15 is 0 Å². The molecular formula is C19H31N3O3. The van der Waals surface area contributed by atoms with E-state index in [1.54, 1.807) is 0 Å². The highest BCUT2D eigenvalue weighted by Gasteiger charge is 2.42. The van der Waals surface area contributed by atoms with Gasteiger partial charge >= 0.3 is 6.03 Å². The van der Waals surface area contributed by atoms with Crippen molar-refractivity contribution in [1.29, 1.82) is 0 Å². The third-order valence-electron chi connectivity index (χ3n) is 5.57. The van der Waals surface area contributed by atoms with Gasteiger partial charge < -0.3 is 24.3 Å². The molecule has 1 aromatic heterocycles. The van der Waals surface area contributed by atoms with Gasteiger partial charge in [-0.05, 0) is 51.7 Å². The number of nitrogens with one attached hydrogen (secondary N) is 1. The quantitative estimate of drug-likeness (QED) is 0.889. The molecule has 0 saturated carbocycles. The van der Waals surface area contributed by atoms with E-state index in [9.17, 15) is 4.79 Å². The van der Waals surface area contributed by atoms with Gasteiger partial charge in [0.15, 0.2) is 5.79 Å². The highest BCUT2D eigenvalue weighted by molar-refractivity contribution is 5.74. The minimum absolute atomic E-state index is 0.0330. The SMILES string of the molecule is C[C@H](CCc1cccn1C)NC(=O)N1CCC[C@@H](C2(C)OCCO2)C1. The molecule has 0 unspecified atom stereocenters. The van der Waals surface area contributed by atoms with Crippen molar-refractivity contribution in [3.8, 4) is 0 Å². The normalized spacial score (nSPS) is 24.3. The Balaban J connectivity index is 1.47. The Hall–Kier alpha value is -1.53. The Bertz CT molecular complexity index is 580. The summed E-state index contributed by atoms with van der Waals surface area (Å²) in [5.74, 6) is -0.287. The van der Waals surface area contributed by atoms with Crippen LogP contribution in [0.1, 0.15) is 38.8 Å². The lowest BCUT2D eigenvalue weighted by molar-refractivity contribution is -0.189. The summed E-state index contributed by atoms with van der Waals surface area (Å²) < 4.78 is 13.7. The average molecular weight is 349 g/mol. The first-order valence-corrected chi connectivity index (χ1v) is 9.41. The third kappa shape index (κ3) is 4.36. The summed E-state index contributed by atoms with van der Waals surface area (Å²) in [4.78, 5) is 14.5. The van der Waals surface area contributed by atoms with Crippen molar-refractivity contribution in [3.63, 3.8) is 0 Å². The number of nitrogens with zero attached hydrogens (tertiary/aromatic N) is 2. The van der Waals surface area contributed by atoms with Crippen molar-refractivity contribution in [1.82, 2.24) is 14.8 Å². The van der Waals surface area contributed by atoms with Gasteiger partial charge in [0.2, 0.25) is 0 Å². The fourth-order valence-corrected chi connectivity index (χ4v) is 3.85. The highest BCUT2D eigenvalue weighted by Crippen LogP contribution is 2.34. The van der Waals surface area contributed by atoms with Crippen molar-refractivity contribution in [3.05, 3.63) is 24.0 Å². The Kier molecular flexibility index (Phi) is 5.69. The molecule has 2 atom stereocenters. The molecule has 0 bridgehead atoms. The van der Waals surface area contributed by atoms with Crippen LogP contribution in [0.2, 0.25) is 0 Å². The molecule has 2 amide bonds. The number of carbonyl (C=O) groups is 1. The highest BCUT2D eigenvalue weighted by atomic mass is 16.7. The maximum Gasteiger partial charge on any atom is 0.317 e. The second-order valence-corrected chi connectivity index (χ2v) is 7.50. The van der Waals surface area contributed by atoms with E-state index in [2.05, 4.69) is 42.2 Å². The van der Waals surface area contributed by atoms with E-state index in [1.807, 2.05) is 11.8 Å². The number of rotatable bonds is 5. The molecule has 0 aromatic carbocycles. The summed E-state index contributed by atoms with van der Waals surface area (Å²) in [7, 11) is 2.06. The number of aromatic nitrogens is 1. The zero-order valence-corrected chi connectivity index (χ0v) is 15.7. The monoisotopic (exact) mass is 349 g/mol. The summed E-state index contributed by atoms with van der Waals surface area (Å²) in [5.41, 5.74) is 1.29. The van der Waals surface area contributed by atoms with Gasteiger partial charge in [-0.1, -0.05) is 0 Å². The van der Waals surface area contributed by atoms with Crippen LogP contribution in [-0.4, -0.2) is 53.6 Å². The molecular weight excluding hydrogens is 318 g/mol. The van der Waals surface area contributed by atoms with Gasteiger partial charge in [-0.25, -0.2) is 4.79 Å². The number of piperidine rings is 1. The zero-order valence-electron chi connectivity index (χ0n) is 15.7. The van der Waals surface area contributed by atoms with Crippen molar-refractivity contribution in [2.75, 3.05) is 26.3 Å². The standard InChI is InChI=1S/C19H31N3O3/c1-15(8-9-17-7-5-10-21(17)3)20-18(23)22-11-4-6-16(14-22)19(2)24-12-13-25-19/h5,7,10,15-16H,4,6,8-9,11-14H2,1-3H3,(H,20,23)/t15-,16-/m1/s1. The van der Waals surface area contributed by atoms with Crippen molar-refractivity contribution >= 4 is 6.03 Å². The van der Waals surface area contributed by atoms with Gasteiger partial charge in [-0.2, -0.15) is 0 Å². The Morgan fingerprint density at radius 3 is 2.88 bits per heavy atom. The molecule has 6 heteroatoms. The van der Waals surface area contributed by atoms with Crippen LogP contribution in [0.5, 0.6) is 0 Å². The fourth-order valence-electron chi connectivity index (χ4n) is 3.85. The Morgan fingerprint density at radius 2 is 2.20 bits per heavy atom. The van der Waals surface area contributed by atoms with E-state index in [0.29, 0.717) is 19.8 Å². The van der Waals surface area contributed by atoms with Crippen molar-refractivity contribution < 1.29 is 14.3 Å². The number of aryl methyl sites for hydroxylation is 2. The number of likely N-dealkylation sites (tertiary alicyclic amines) is 1. The summed E-state index contributed by atoms with van der Waals surface area (Å²) in [5, 5.41) is 3.15. The van der Waals surface area contributed by atoms with Gasteiger partial charge in [-0.15, -0.1) is 0 Å². The van der Waals surface area contributed by atoms with Crippen LogP contribution < -0.4 is 5.32 Å². The van der Waals surface area contributed by atoms with Gasteiger partial charge in [0.1, 0.15) is 0 Å². The van der Waals surface area contributed by atoms with E-state index in [-0.39, 0.29) is 18.0 Å². The predicted molar refractivity (Wildman–Crippen MR) is 96.3 cm³/mol. The first kappa shape index (κ1) is 18.3. The average Bonchev–Trinajstić information content (AvgIpc) is 3.22. The number of ether oxygens (including phenoxy) is 2. The maximum absolute atomic E-state index is 12.6. The maximum atomic E-state index is 12.6. The Labute approximate surface area is 150 Å². The van der Waals surface area contributed by atoms with Crippen molar-refractivity contribution in [2.24, 2.45) is 13.0 Å². The summed E-state index contributed by atoms with van der Waals surface area (Å²) in [6, 6.07) is 4.37. The molecule has 3 heterocycles. The van der Waals surface area contributed by atoms with Gasteiger partial charge in [-0.3, -0.25) is 0 Å². The molecule has 3 rings (SSSR count). The van der Waals surface area contributed by atoms with E-state index in [1.165, 1.54) is 5.69 Å². The molecule has 2 aliphatic heterocycles. The lowest BCUT2D eigenvalue weighted by atomic mass is 9.90. The fraction of sp³-hybridized carbons (Fsp3) is 0.737. The molecule has 140 valence electrons. The summed E-state index contributed by atoms with van der Waals surface area (Å²) in [6.07, 6.45) is 6.00. The van der Waals surface area contributed by atoms with E-state index < -0.39 is 5.79 Å². The molecule has 0 radical (unpaired) electrons. The van der Waals surface area contributed by atoms with Crippen LogP contribution in [0.25, 0.3) is 0 Å². The molecule has 0 aliphatic carbocycles. The van der Waals surface area contributed by atoms with Crippen LogP contribution in [0.15, 0.2) is 18.3 Å². The van der Waals surface area contributed by atoms with Crippen LogP contribution in [0.3, 0.4) is 0 Å². The molecule has 0 spiro atoms. The molecule has 25 heavy (non-hydrogen) atoms. The summed E-state index contributed by atoms with van der Waals surface area (Å²) in [6.45, 7) is 6.89. The minimum atomic E-state index is -0.531. The lowest BCUT2D eigenvalue weighted by Crippen LogP contribution is -2.52. The van der Waals surface area contributed by atoms with Crippen LogP contribution in [0, 0.1) is 5.92 Å². The molecule has 1 N–H and O–H groups in total. The predicted octanol–water partition coefficient (Wildman–Crippen LogP) is 2.53. The van der Waals surface area contributed by atoms with Gasteiger partial charge in [0.25, 0.3) is 0 Å². The number of amides is 2. The smallest absolute Gasteiger partial charge is 0.317 e. The second-order valence-electron chi connectivity index (χ2n) is 7.50. The van der Waals surface area contributed by atoms with Crippen LogP contribution in [-0.2, 0) is 22.9 Å². The molecule has 1 aromatic rings. The van der Waals surface area contributed by atoms with E-state index in [4.69, 9.17) is 9.47 Å². The minimum Gasteiger partial charge on any atom is -0.354 e. The number of hydrogen-bond acceptors (Lipinski definition) is 3. The molecule has 2 fully saturated rings. The lowest BCUT2D eigenvalue weighted by Gasteiger charge is -2.40. The largest absolute Gasteiger partial charge is 0.354 e. The van der Waals surface area contributed by atoms with Gasteiger partial charge in [0, 0.05) is 44.0 Å². The number of carbonyl (C=O) groups excluding carboxylic acids is 1. The van der Waals surface area contributed by atoms with Gasteiger partial charge in [0.05, 0.1) is 13.2 Å². The first-order valence-electron chi connectivity index (χ1n) is 9.41. The van der Waals surface area contributed by atoms with Crippen LogP contribution >= 0.6 is 0 Å². The molecule has 2 aliphatic rings.